The summed E-state index contributed by atoms with van der Waals surface area (Å²) in [6, 6.07) is 6.04. The number of hydrogen-bond acceptors (Lipinski definition) is 7. The Kier molecular flexibility index (Phi) is 7.94. The first-order valence-corrected chi connectivity index (χ1v) is 10.6. The van der Waals surface area contributed by atoms with Gasteiger partial charge in [0.15, 0.2) is 0 Å². The Morgan fingerprint density at radius 2 is 1.94 bits per heavy atom. The highest BCUT2D eigenvalue weighted by Crippen LogP contribution is 2.26. The molecule has 2 aliphatic heterocycles. The number of nitro groups is 1. The lowest BCUT2D eigenvalue weighted by Gasteiger charge is -2.32. The molecule has 1 N–H and O–H groups in total. The fraction of sp³-hybridized carbons (Fsp3) is 0.619. The third kappa shape index (κ3) is 5.78. The minimum atomic E-state index is -0.456. The van der Waals surface area contributed by atoms with E-state index in [0.29, 0.717) is 45.8 Å². The van der Waals surface area contributed by atoms with Crippen LogP contribution >= 0.6 is 0 Å². The van der Waals surface area contributed by atoms with Gasteiger partial charge in [0.05, 0.1) is 11.5 Å². The number of piperazine rings is 1. The van der Waals surface area contributed by atoms with Gasteiger partial charge in [-0.05, 0) is 12.0 Å². The SMILES string of the molecule is COCCN(Cc1ccc([N+](=O)[O-])cc1)C1CC(C(=O)N2CCNCC2)N(C(C)=O)C1. The van der Waals surface area contributed by atoms with E-state index in [4.69, 9.17) is 4.74 Å². The lowest BCUT2D eigenvalue weighted by Crippen LogP contribution is -2.53. The van der Waals surface area contributed by atoms with E-state index in [2.05, 4.69) is 10.2 Å². The van der Waals surface area contributed by atoms with Crippen molar-refractivity contribution in [2.75, 3.05) is 53.0 Å². The van der Waals surface area contributed by atoms with E-state index in [-0.39, 0.29) is 23.5 Å². The molecule has 2 unspecified atom stereocenters. The van der Waals surface area contributed by atoms with Crippen LogP contribution in [-0.2, 0) is 20.9 Å². The van der Waals surface area contributed by atoms with Crippen molar-refractivity contribution in [1.29, 1.82) is 0 Å². The standard InChI is InChI=1S/C21H31N5O5/c1-16(27)25-15-19(13-20(25)21(28)23-9-7-22-8-10-23)24(11-12-31-2)14-17-3-5-18(6-4-17)26(29)30/h3-6,19-20,22H,7-15H2,1-2H3. The van der Waals surface area contributed by atoms with E-state index < -0.39 is 11.0 Å². The number of ether oxygens (including phenoxy) is 1. The number of amides is 2. The molecule has 2 heterocycles. The molecular weight excluding hydrogens is 402 g/mol. The number of non-ortho nitro benzene ring substituents is 1. The average molecular weight is 434 g/mol. The number of likely N-dealkylation sites (tertiary alicyclic amines) is 1. The maximum absolute atomic E-state index is 13.2. The van der Waals surface area contributed by atoms with E-state index in [1.165, 1.54) is 19.1 Å². The van der Waals surface area contributed by atoms with Gasteiger partial charge in [0.2, 0.25) is 11.8 Å². The van der Waals surface area contributed by atoms with Crippen LogP contribution in [0, 0.1) is 10.1 Å². The molecule has 10 nitrogen and oxygen atoms in total. The second-order valence-corrected chi connectivity index (χ2v) is 8.04. The zero-order valence-corrected chi connectivity index (χ0v) is 18.2. The summed E-state index contributed by atoms with van der Waals surface area (Å²) in [7, 11) is 1.64. The summed E-state index contributed by atoms with van der Waals surface area (Å²) in [6.45, 7) is 6.55. The molecule has 31 heavy (non-hydrogen) atoms. The van der Waals surface area contributed by atoms with Crippen LogP contribution in [0.15, 0.2) is 24.3 Å². The van der Waals surface area contributed by atoms with Crippen LogP contribution in [0.25, 0.3) is 0 Å². The molecule has 2 atom stereocenters. The Bertz CT molecular complexity index is 781. The monoisotopic (exact) mass is 433 g/mol. The summed E-state index contributed by atoms with van der Waals surface area (Å²) >= 11 is 0. The normalized spacial score (nSPS) is 21.5. The highest BCUT2D eigenvalue weighted by Gasteiger charge is 2.42. The van der Waals surface area contributed by atoms with Gasteiger partial charge in [-0.2, -0.15) is 0 Å². The number of nitrogens with zero attached hydrogens (tertiary/aromatic N) is 4. The zero-order chi connectivity index (χ0) is 22.4. The molecule has 2 aliphatic rings. The maximum atomic E-state index is 13.2. The molecule has 3 rings (SSSR count). The third-order valence-corrected chi connectivity index (χ3v) is 6.03. The van der Waals surface area contributed by atoms with Crippen LogP contribution in [0.2, 0.25) is 0 Å². The van der Waals surface area contributed by atoms with Crippen LogP contribution in [0.1, 0.15) is 18.9 Å². The molecule has 0 spiro atoms. The van der Waals surface area contributed by atoms with Crippen molar-refractivity contribution in [1.82, 2.24) is 20.0 Å². The van der Waals surface area contributed by atoms with Gasteiger partial charge in [-0.25, -0.2) is 0 Å². The van der Waals surface area contributed by atoms with Gasteiger partial charge in [-0.1, -0.05) is 12.1 Å². The van der Waals surface area contributed by atoms with E-state index in [0.717, 1.165) is 18.7 Å². The molecule has 1 aromatic rings. The summed E-state index contributed by atoms with van der Waals surface area (Å²) in [5.41, 5.74) is 0.991. The van der Waals surface area contributed by atoms with Crippen molar-refractivity contribution < 1.29 is 19.2 Å². The minimum absolute atomic E-state index is 0.00566. The number of nitro benzene ring substituents is 1. The predicted molar refractivity (Wildman–Crippen MR) is 114 cm³/mol. The van der Waals surface area contributed by atoms with Gasteiger partial charge < -0.3 is 19.9 Å². The van der Waals surface area contributed by atoms with Crippen LogP contribution in [0.4, 0.5) is 5.69 Å². The Morgan fingerprint density at radius 3 is 2.52 bits per heavy atom. The Labute approximate surface area is 182 Å². The number of methoxy groups -OCH3 is 1. The van der Waals surface area contributed by atoms with Crippen molar-refractivity contribution in [3.05, 3.63) is 39.9 Å². The molecule has 0 bridgehead atoms. The van der Waals surface area contributed by atoms with Crippen LogP contribution in [0.3, 0.4) is 0 Å². The minimum Gasteiger partial charge on any atom is -0.383 e. The zero-order valence-electron chi connectivity index (χ0n) is 18.2. The summed E-state index contributed by atoms with van der Waals surface area (Å²) in [5.74, 6) is -0.0840. The fourth-order valence-corrected chi connectivity index (χ4v) is 4.31. The van der Waals surface area contributed by atoms with Crippen molar-refractivity contribution in [3.63, 3.8) is 0 Å². The first-order chi connectivity index (χ1) is 14.9. The van der Waals surface area contributed by atoms with Crippen molar-refractivity contribution in [2.45, 2.75) is 32.0 Å². The molecule has 0 radical (unpaired) electrons. The molecule has 170 valence electrons. The van der Waals surface area contributed by atoms with E-state index in [1.807, 2.05) is 4.90 Å². The largest absolute Gasteiger partial charge is 0.383 e. The number of carbonyl (C=O) groups is 2. The molecular formula is C21H31N5O5. The van der Waals surface area contributed by atoms with Crippen LogP contribution < -0.4 is 5.32 Å². The number of hydrogen-bond donors (Lipinski definition) is 1. The van der Waals surface area contributed by atoms with Crippen LogP contribution in [-0.4, -0.2) is 96.5 Å². The molecule has 0 aromatic heterocycles. The van der Waals surface area contributed by atoms with Gasteiger partial charge in [-0.3, -0.25) is 24.6 Å². The highest BCUT2D eigenvalue weighted by molar-refractivity contribution is 5.87. The van der Waals surface area contributed by atoms with Gasteiger partial charge in [0, 0.05) is 78.0 Å². The van der Waals surface area contributed by atoms with Gasteiger partial charge in [0.25, 0.3) is 5.69 Å². The predicted octanol–water partition coefficient (Wildman–Crippen LogP) is 0.464. The molecule has 2 amide bonds. The lowest BCUT2D eigenvalue weighted by molar-refractivity contribution is -0.384. The Balaban J connectivity index is 1.74. The Hall–Kier alpha value is -2.56. The summed E-state index contributed by atoms with van der Waals surface area (Å²) < 4.78 is 5.27. The van der Waals surface area contributed by atoms with E-state index >= 15 is 0 Å². The number of nitrogens with one attached hydrogen (secondary N) is 1. The second kappa shape index (κ2) is 10.7. The van der Waals surface area contributed by atoms with E-state index in [1.54, 1.807) is 24.1 Å². The lowest BCUT2D eigenvalue weighted by atomic mass is 10.1. The van der Waals surface area contributed by atoms with Crippen molar-refractivity contribution in [3.8, 4) is 0 Å². The van der Waals surface area contributed by atoms with Crippen LogP contribution in [0.5, 0.6) is 0 Å². The smallest absolute Gasteiger partial charge is 0.269 e. The summed E-state index contributed by atoms with van der Waals surface area (Å²) in [6.07, 6.45) is 0.568. The van der Waals surface area contributed by atoms with Crippen molar-refractivity contribution >= 4 is 17.5 Å². The fourth-order valence-electron chi connectivity index (χ4n) is 4.31. The topological polar surface area (TPSA) is 108 Å². The summed E-state index contributed by atoms with van der Waals surface area (Å²) in [5, 5.41) is 14.2. The van der Waals surface area contributed by atoms with Gasteiger partial charge in [0.1, 0.15) is 6.04 Å². The number of benzene rings is 1. The number of carbonyl (C=O) groups excluding carboxylic acids is 2. The maximum Gasteiger partial charge on any atom is 0.269 e. The van der Waals surface area contributed by atoms with Gasteiger partial charge >= 0.3 is 0 Å². The quantitative estimate of drug-likeness (QED) is 0.469. The molecule has 0 saturated carbocycles. The number of rotatable bonds is 8. The molecule has 2 saturated heterocycles. The highest BCUT2D eigenvalue weighted by atomic mass is 16.6. The summed E-state index contributed by atoms with van der Waals surface area (Å²) in [4.78, 5) is 41.7. The Morgan fingerprint density at radius 1 is 1.26 bits per heavy atom. The second-order valence-electron chi connectivity index (χ2n) is 8.04. The first kappa shape index (κ1) is 23.1. The van der Waals surface area contributed by atoms with E-state index in [9.17, 15) is 19.7 Å². The first-order valence-electron chi connectivity index (χ1n) is 10.6. The third-order valence-electron chi connectivity index (χ3n) is 6.03. The molecule has 10 heteroatoms. The van der Waals surface area contributed by atoms with Gasteiger partial charge in [-0.15, -0.1) is 0 Å². The van der Waals surface area contributed by atoms with Crippen molar-refractivity contribution in [2.24, 2.45) is 0 Å². The molecule has 1 aromatic carbocycles. The average Bonchev–Trinajstić information content (AvgIpc) is 3.23. The molecule has 2 fully saturated rings. The molecule has 0 aliphatic carbocycles.